The summed E-state index contributed by atoms with van der Waals surface area (Å²) in [5.74, 6) is 0.718. The van der Waals surface area contributed by atoms with Crippen LogP contribution in [0.4, 0.5) is 5.82 Å². The molecule has 102 valence electrons. The molecule has 2 aromatic rings. The summed E-state index contributed by atoms with van der Waals surface area (Å²) < 4.78 is 0. The Bertz CT molecular complexity index is 647. The minimum Gasteiger partial charge on any atom is -0.353 e. The van der Waals surface area contributed by atoms with E-state index in [1.54, 1.807) is 4.80 Å². The van der Waals surface area contributed by atoms with Crippen molar-refractivity contribution in [2.45, 2.75) is 26.2 Å². The quantitative estimate of drug-likeness (QED) is 0.856. The molecule has 0 unspecified atom stereocenters. The Morgan fingerprint density at radius 3 is 2.65 bits per heavy atom. The number of nitriles is 1. The van der Waals surface area contributed by atoms with E-state index in [-0.39, 0.29) is 0 Å². The van der Waals surface area contributed by atoms with Gasteiger partial charge in [-0.25, -0.2) is 0 Å². The summed E-state index contributed by atoms with van der Waals surface area (Å²) in [5.41, 5.74) is 2.55. The second-order valence-electron chi connectivity index (χ2n) is 4.95. The van der Waals surface area contributed by atoms with Gasteiger partial charge >= 0.3 is 0 Å². The molecule has 1 saturated heterocycles. The van der Waals surface area contributed by atoms with Crippen LogP contribution in [-0.4, -0.2) is 28.1 Å². The molecule has 1 fully saturated rings. The average Bonchev–Trinajstić information content (AvgIpc) is 3.15. The van der Waals surface area contributed by atoms with Gasteiger partial charge in [0.25, 0.3) is 0 Å². The fourth-order valence-electron chi connectivity index (χ4n) is 2.63. The molecule has 0 spiro atoms. The molecular weight excluding hydrogens is 250 g/mol. The Morgan fingerprint density at radius 2 is 1.95 bits per heavy atom. The highest BCUT2D eigenvalue weighted by Gasteiger charge is 2.21. The van der Waals surface area contributed by atoms with Crippen LogP contribution in [0.5, 0.6) is 0 Å². The van der Waals surface area contributed by atoms with Crippen molar-refractivity contribution in [3.8, 4) is 11.8 Å². The first-order valence-corrected chi connectivity index (χ1v) is 7.04. The lowest BCUT2D eigenvalue weighted by Crippen LogP contribution is -2.19. The van der Waals surface area contributed by atoms with Crippen molar-refractivity contribution in [1.29, 1.82) is 5.26 Å². The highest BCUT2D eigenvalue weighted by atomic mass is 15.5. The third kappa shape index (κ3) is 2.14. The van der Waals surface area contributed by atoms with Crippen molar-refractivity contribution < 1.29 is 0 Å². The van der Waals surface area contributed by atoms with Crippen molar-refractivity contribution in [3.05, 3.63) is 35.5 Å². The van der Waals surface area contributed by atoms with Crippen LogP contribution in [0.15, 0.2) is 24.3 Å². The summed E-state index contributed by atoms with van der Waals surface area (Å²) >= 11 is 0. The Labute approximate surface area is 118 Å². The minimum atomic E-state index is 0.415. The molecule has 2 heterocycles. The van der Waals surface area contributed by atoms with Crippen molar-refractivity contribution in [1.82, 2.24) is 15.0 Å². The van der Waals surface area contributed by atoms with Crippen LogP contribution in [0.3, 0.4) is 0 Å². The Kier molecular flexibility index (Phi) is 3.38. The Balaban J connectivity index is 2.05. The lowest BCUT2D eigenvalue weighted by atomic mass is 10.1. The van der Waals surface area contributed by atoms with Crippen LogP contribution in [-0.2, 0) is 6.42 Å². The van der Waals surface area contributed by atoms with E-state index in [0.29, 0.717) is 5.69 Å². The zero-order valence-corrected chi connectivity index (χ0v) is 11.6. The van der Waals surface area contributed by atoms with Gasteiger partial charge in [-0.2, -0.15) is 5.26 Å². The molecule has 5 nitrogen and oxygen atoms in total. The average molecular weight is 267 g/mol. The predicted octanol–water partition coefficient (Wildman–Crippen LogP) is 2.30. The van der Waals surface area contributed by atoms with E-state index >= 15 is 0 Å². The number of nitrogens with zero attached hydrogens (tertiary/aromatic N) is 5. The van der Waals surface area contributed by atoms with Crippen LogP contribution >= 0.6 is 0 Å². The summed E-state index contributed by atoms with van der Waals surface area (Å²) in [6.45, 7) is 4.03. The second-order valence-corrected chi connectivity index (χ2v) is 4.95. The number of anilines is 1. The fourth-order valence-corrected chi connectivity index (χ4v) is 2.63. The maximum atomic E-state index is 9.27. The zero-order valence-electron chi connectivity index (χ0n) is 11.6. The van der Waals surface area contributed by atoms with Crippen LogP contribution in [0.2, 0.25) is 0 Å². The lowest BCUT2D eigenvalue weighted by Gasteiger charge is -2.13. The molecule has 0 N–H and O–H groups in total. The third-order valence-electron chi connectivity index (χ3n) is 3.70. The summed E-state index contributed by atoms with van der Waals surface area (Å²) in [6.07, 6.45) is 3.23. The van der Waals surface area contributed by atoms with Gasteiger partial charge in [0.2, 0.25) is 5.69 Å². The number of aromatic nitrogens is 3. The third-order valence-corrected chi connectivity index (χ3v) is 3.70. The molecule has 0 saturated carbocycles. The molecule has 1 aliphatic heterocycles. The topological polar surface area (TPSA) is 57.7 Å². The van der Waals surface area contributed by atoms with E-state index in [4.69, 9.17) is 0 Å². The molecule has 0 bridgehead atoms. The van der Waals surface area contributed by atoms with Gasteiger partial charge < -0.3 is 4.90 Å². The first-order valence-electron chi connectivity index (χ1n) is 7.04. The predicted molar refractivity (Wildman–Crippen MR) is 76.9 cm³/mol. The molecule has 20 heavy (non-hydrogen) atoms. The number of para-hydroxylation sites is 1. The molecule has 1 aliphatic rings. The maximum Gasteiger partial charge on any atom is 0.207 e. The monoisotopic (exact) mass is 267 g/mol. The van der Waals surface area contributed by atoms with Crippen molar-refractivity contribution >= 4 is 5.82 Å². The zero-order chi connectivity index (χ0) is 13.9. The van der Waals surface area contributed by atoms with Gasteiger partial charge in [-0.15, -0.1) is 15.0 Å². The number of benzene rings is 1. The van der Waals surface area contributed by atoms with Gasteiger partial charge in [-0.1, -0.05) is 25.1 Å². The Morgan fingerprint density at radius 1 is 1.20 bits per heavy atom. The summed E-state index contributed by atoms with van der Waals surface area (Å²) in [4.78, 5) is 3.75. The van der Waals surface area contributed by atoms with Gasteiger partial charge in [0.05, 0.1) is 5.69 Å². The van der Waals surface area contributed by atoms with Gasteiger partial charge in [-0.05, 0) is 30.9 Å². The minimum absolute atomic E-state index is 0.415. The van der Waals surface area contributed by atoms with Crippen LogP contribution in [0.25, 0.3) is 5.69 Å². The standard InChI is InChI=1S/C15H17N5/c1-2-12-7-3-4-8-14(12)20-17-13(11-16)15(18-20)19-9-5-6-10-19/h3-4,7-8H,2,5-6,9-10H2,1H3. The lowest BCUT2D eigenvalue weighted by molar-refractivity contribution is 0.735. The number of hydrogen-bond acceptors (Lipinski definition) is 4. The molecule has 0 aliphatic carbocycles. The van der Waals surface area contributed by atoms with E-state index in [1.807, 2.05) is 18.2 Å². The molecule has 0 amide bonds. The van der Waals surface area contributed by atoms with Crippen LogP contribution in [0.1, 0.15) is 31.0 Å². The first-order chi connectivity index (χ1) is 9.83. The number of hydrogen-bond donors (Lipinski definition) is 0. The smallest absolute Gasteiger partial charge is 0.207 e. The molecule has 1 aromatic heterocycles. The molecule has 1 aromatic carbocycles. The summed E-state index contributed by atoms with van der Waals surface area (Å²) in [6, 6.07) is 10.2. The highest BCUT2D eigenvalue weighted by Crippen LogP contribution is 2.22. The van der Waals surface area contributed by atoms with Gasteiger partial charge in [0, 0.05) is 13.1 Å². The Hall–Kier alpha value is -2.35. The van der Waals surface area contributed by atoms with Crippen molar-refractivity contribution in [3.63, 3.8) is 0 Å². The van der Waals surface area contributed by atoms with E-state index in [2.05, 4.69) is 34.2 Å². The highest BCUT2D eigenvalue weighted by molar-refractivity contribution is 5.51. The number of rotatable bonds is 3. The largest absolute Gasteiger partial charge is 0.353 e. The molecule has 3 rings (SSSR count). The van der Waals surface area contributed by atoms with E-state index in [1.165, 1.54) is 5.56 Å². The summed E-state index contributed by atoms with van der Waals surface area (Å²) in [7, 11) is 0. The van der Waals surface area contributed by atoms with Crippen LogP contribution < -0.4 is 4.90 Å². The SMILES string of the molecule is CCc1ccccc1-n1nc(C#N)c(N2CCCC2)n1. The van der Waals surface area contributed by atoms with E-state index < -0.39 is 0 Å². The van der Waals surface area contributed by atoms with Crippen molar-refractivity contribution in [2.75, 3.05) is 18.0 Å². The fraction of sp³-hybridized carbons (Fsp3) is 0.400. The molecule has 0 atom stereocenters. The molecule has 5 heteroatoms. The number of aryl methyl sites for hydroxylation is 1. The van der Waals surface area contributed by atoms with Crippen LogP contribution in [0, 0.1) is 11.3 Å². The van der Waals surface area contributed by atoms with Gasteiger partial charge in [-0.3, -0.25) is 0 Å². The van der Waals surface area contributed by atoms with E-state index in [0.717, 1.165) is 43.9 Å². The van der Waals surface area contributed by atoms with Gasteiger partial charge in [0.15, 0.2) is 5.82 Å². The molecule has 0 radical (unpaired) electrons. The summed E-state index contributed by atoms with van der Waals surface area (Å²) in [5, 5.41) is 18.2. The van der Waals surface area contributed by atoms with Gasteiger partial charge in [0.1, 0.15) is 6.07 Å². The first kappa shape index (κ1) is 12.7. The van der Waals surface area contributed by atoms with Crippen molar-refractivity contribution in [2.24, 2.45) is 0 Å². The maximum absolute atomic E-state index is 9.27. The normalized spacial score (nSPS) is 14.5. The second kappa shape index (κ2) is 5.33. The van der Waals surface area contributed by atoms with E-state index in [9.17, 15) is 5.26 Å². The molecular formula is C15H17N5.